The van der Waals surface area contributed by atoms with Gasteiger partial charge in [-0.25, -0.2) is 9.18 Å². The molecule has 0 fully saturated rings. The largest absolute Gasteiger partial charge is 0.447 e. The third-order valence-corrected chi connectivity index (χ3v) is 4.60. The lowest BCUT2D eigenvalue weighted by atomic mass is 10.0. The maximum atomic E-state index is 12.1. The van der Waals surface area contributed by atoms with Crippen molar-refractivity contribution < 1.29 is 13.9 Å². The summed E-state index contributed by atoms with van der Waals surface area (Å²) in [5, 5.41) is 2.90. The van der Waals surface area contributed by atoms with E-state index in [9.17, 15) is 9.18 Å². The number of rotatable bonds is 18. The van der Waals surface area contributed by atoms with Gasteiger partial charge >= 0.3 is 6.09 Å². The van der Waals surface area contributed by atoms with Crippen LogP contribution < -0.4 is 5.32 Å². The predicted molar refractivity (Wildman–Crippen MR) is 109 cm³/mol. The van der Waals surface area contributed by atoms with E-state index in [0.29, 0.717) is 0 Å². The van der Waals surface area contributed by atoms with E-state index < -0.39 is 12.8 Å². The van der Waals surface area contributed by atoms with Crippen molar-refractivity contribution in [3.8, 4) is 0 Å². The highest BCUT2D eigenvalue weighted by Crippen LogP contribution is 2.13. The summed E-state index contributed by atoms with van der Waals surface area (Å²) in [7, 11) is 0. The number of alkyl halides is 1. The van der Waals surface area contributed by atoms with Gasteiger partial charge in [-0.2, -0.15) is 0 Å². The lowest BCUT2D eigenvalue weighted by Gasteiger charge is -2.18. The van der Waals surface area contributed by atoms with Crippen molar-refractivity contribution in [2.75, 3.05) is 13.3 Å². The molecular formula is C22H42FNO2. The van der Waals surface area contributed by atoms with Crippen molar-refractivity contribution in [3.05, 3.63) is 12.2 Å². The molecule has 0 aliphatic rings. The van der Waals surface area contributed by atoms with Crippen LogP contribution in [0.5, 0.6) is 0 Å². The molecule has 1 amide bonds. The van der Waals surface area contributed by atoms with Crippen LogP contribution in [0.4, 0.5) is 9.18 Å². The van der Waals surface area contributed by atoms with Crippen molar-refractivity contribution in [3.63, 3.8) is 0 Å². The Kier molecular flexibility index (Phi) is 19.4. The van der Waals surface area contributed by atoms with Crippen LogP contribution in [-0.2, 0) is 4.74 Å². The lowest BCUT2D eigenvalue weighted by Crippen LogP contribution is -2.35. The van der Waals surface area contributed by atoms with Crippen LogP contribution in [0.15, 0.2) is 12.2 Å². The quantitative estimate of drug-likeness (QED) is 0.206. The monoisotopic (exact) mass is 371 g/mol. The fraction of sp³-hybridized carbons (Fsp3) is 0.864. The second-order valence-electron chi connectivity index (χ2n) is 7.12. The highest BCUT2D eigenvalue weighted by molar-refractivity contribution is 5.67. The molecule has 0 bridgehead atoms. The van der Waals surface area contributed by atoms with Gasteiger partial charge in [0.05, 0.1) is 0 Å². The molecule has 0 spiro atoms. The summed E-state index contributed by atoms with van der Waals surface area (Å²) in [6.07, 6.45) is 20.8. The Hall–Kier alpha value is -1.06. The van der Waals surface area contributed by atoms with Crippen molar-refractivity contribution in [2.45, 2.75) is 110 Å². The van der Waals surface area contributed by atoms with E-state index in [2.05, 4.69) is 31.3 Å². The molecule has 0 saturated heterocycles. The summed E-state index contributed by atoms with van der Waals surface area (Å²) < 4.78 is 16.9. The first kappa shape index (κ1) is 24.9. The van der Waals surface area contributed by atoms with E-state index in [1.807, 2.05) is 0 Å². The first-order valence-electron chi connectivity index (χ1n) is 10.9. The Morgan fingerprint density at radius 1 is 0.885 bits per heavy atom. The molecule has 4 heteroatoms. The van der Waals surface area contributed by atoms with Gasteiger partial charge in [-0.05, 0) is 38.5 Å². The van der Waals surface area contributed by atoms with Crippen molar-refractivity contribution in [2.24, 2.45) is 0 Å². The van der Waals surface area contributed by atoms with Crippen molar-refractivity contribution in [1.82, 2.24) is 5.32 Å². The van der Waals surface area contributed by atoms with Crippen molar-refractivity contribution in [1.29, 1.82) is 0 Å². The van der Waals surface area contributed by atoms with Crippen LogP contribution in [0.3, 0.4) is 0 Å². The Bertz CT molecular complexity index is 334. The summed E-state index contributed by atoms with van der Waals surface area (Å²) in [5.74, 6) is 0. The van der Waals surface area contributed by atoms with Crippen LogP contribution >= 0.6 is 0 Å². The van der Waals surface area contributed by atoms with Crippen LogP contribution in [0.1, 0.15) is 104 Å². The Morgan fingerprint density at radius 3 is 2.00 bits per heavy atom. The topological polar surface area (TPSA) is 38.3 Å². The molecule has 0 radical (unpaired) electrons. The highest BCUT2D eigenvalue weighted by atomic mass is 19.1. The Morgan fingerprint density at radius 2 is 1.42 bits per heavy atom. The van der Waals surface area contributed by atoms with Crippen LogP contribution in [-0.4, -0.2) is 25.4 Å². The first-order chi connectivity index (χ1) is 12.7. The number of carbonyl (C=O) groups excluding carboxylic acids is 1. The molecule has 0 rings (SSSR count). The summed E-state index contributed by atoms with van der Waals surface area (Å²) in [4.78, 5) is 11.6. The Labute approximate surface area is 161 Å². The lowest BCUT2D eigenvalue weighted by molar-refractivity contribution is 0.132. The molecular weight excluding hydrogens is 329 g/mol. The summed E-state index contributed by atoms with van der Waals surface area (Å²) in [6, 6.07) is 0.155. The molecule has 1 unspecified atom stereocenters. The average Bonchev–Trinajstić information content (AvgIpc) is 2.64. The van der Waals surface area contributed by atoms with Gasteiger partial charge in [-0.15, -0.1) is 0 Å². The molecule has 0 heterocycles. The SMILES string of the molecule is CCCCCCC=CCCCCCC(CCCCC)NC(=O)OCCF. The van der Waals surface area contributed by atoms with Crippen molar-refractivity contribution >= 4 is 6.09 Å². The maximum Gasteiger partial charge on any atom is 0.407 e. The third-order valence-electron chi connectivity index (χ3n) is 4.60. The van der Waals surface area contributed by atoms with Gasteiger partial charge in [-0.3, -0.25) is 0 Å². The second-order valence-corrected chi connectivity index (χ2v) is 7.12. The summed E-state index contributed by atoms with van der Waals surface area (Å²) in [5.41, 5.74) is 0. The van der Waals surface area contributed by atoms with Gasteiger partial charge in [0, 0.05) is 6.04 Å². The minimum atomic E-state index is -0.625. The zero-order valence-electron chi connectivity index (χ0n) is 17.2. The molecule has 1 atom stereocenters. The third kappa shape index (κ3) is 17.8. The molecule has 0 aromatic rings. The normalized spacial score (nSPS) is 12.4. The number of amides is 1. The van der Waals surface area contributed by atoms with Gasteiger partial charge in [0.25, 0.3) is 0 Å². The first-order valence-corrected chi connectivity index (χ1v) is 10.9. The van der Waals surface area contributed by atoms with Crippen LogP contribution in [0.25, 0.3) is 0 Å². The number of alkyl carbamates (subject to hydrolysis) is 1. The minimum Gasteiger partial charge on any atom is -0.447 e. The molecule has 0 saturated carbocycles. The minimum absolute atomic E-state index is 0.154. The standard InChI is InChI=1S/C22H42FNO2/c1-3-5-7-8-9-10-11-12-13-14-16-18-21(17-15-6-4-2)24-22(25)26-20-19-23/h10-11,21H,3-9,12-20H2,1-2H3,(H,24,25). The zero-order chi connectivity index (χ0) is 19.3. The number of hydrogen-bond acceptors (Lipinski definition) is 2. The average molecular weight is 372 g/mol. The summed E-state index contributed by atoms with van der Waals surface area (Å²) >= 11 is 0. The van der Waals surface area contributed by atoms with Gasteiger partial charge < -0.3 is 10.1 Å². The van der Waals surface area contributed by atoms with Gasteiger partial charge in [0.15, 0.2) is 0 Å². The number of carbonyl (C=O) groups is 1. The number of nitrogens with one attached hydrogen (secondary N) is 1. The number of hydrogen-bond donors (Lipinski definition) is 1. The molecule has 26 heavy (non-hydrogen) atoms. The van der Waals surface area contributed by atoms with Crippen LogP contribution in [0.2, 0.25) is 0 Å². The molecule has 0 aromatic heterocycles. The number of allylic oxidation sites excluding steroid dienone is 2. The van der Waals surface area contributed by atoms with Gasteiger partial charge in [-0.1, -0.05) is 77.4 Å². The van der Waals surface area contributed by atoms with Gasteiger partial charge in [0.2, 0.25) is 0 Å². The van der Waals surface area contributed by atoms with E-state index in [1.54, 1.807) is 0 Å². The van der Waals surface area contributed by atoms with E-state index in [1.165, 1.54) is 57.8 Å². The fourth-order valence-corrected chi connectivity index (χ4v) is 3.02. The fourth-order valence-electron chi connectivity index (χ4n) is 3.02. The summed E-state index contributed by atoms with van der Waals surface area (Å²) in [6.45, 7) is 3.64. The van der Waals surface area contributed by atoms with E-state index in [0.717, 1.165) is 32.1 Å². The number of halogens is 1. The van der Waals surface area contributed by atoms with E-state index in [-0.39, 0.29) is 12.6 Å². The number of unbranched alkanes of at least 4 members (excludes halogenated alkanes) is 9. The van der Waals surface area contributed by atoms with E-state index in [4.69, 9.17) is 4.74 Å². The zero-order valence-corrected chi connectivity index (χ0v) is 17.2. The molecule has 1 N–H and O–H groups in total. The molecule has 0 aromatic carbocycles. The molecule has 0 aliphatic carbocycles. The Balaban J connectivity index is 3.79. The predicted octanol–water partition coefficient (Wildman–Crippen LogP) is 7.11. The van der Waals surface area contributed by atoms with Gasteiger partial charge in [0.1, 0.15) is 13.3 Å². The maximum absolute atomic E-state index is 12.1. The second kappa shape index (κ2) is 20.3. The van der Waals surface area contributed by atoms with Crippen LogP contribution in [0, 0.1) is 0 Å². The molecule has 154 valence electrons. The molecule has 3 nitrogen and oxygen atoms in total. The number of ether oxygens (including phenoxy) is 1. The van der Waals surface area contributed by atoms with E-state index >= 15 is 0 Å². The molecule has 0 aliphatic heterocycles. The highest BCUT2D eigenvalue weighted by Gasteiger charge is 2.12. The smallest absolute Gasteiger partial charge is 0.407 e.